The van der Waals surface area contributed by atoms with Gasteiger partial charge >= 0.3 is 11.9 Å². The van der Waals surface area contributed by atoms with Crippen molar-refractivity contribution in [1.82, 2.24) is 0 Å². The van der Waals surface area contributed by atoms with E-state index < -0.39 is 17.4 Å². The Morgan fingerprint density at radius 2 is 1.43 bits per heavy atom. The van der Waals surface area contributed by atoms with Crippen molar-refractivity contribution in [1.29, 1.82) is 0 Å². The van der Waals surface area contributed by atoms with Crippen molar-refractivity contribution in [2.75, 3.05) is 0 Å². The Kier molecular flexibility index (Phi) is 2.72. The maximum Gasteiger partial charge on any atom is 0.335 e. The third-order valence-corrected chi connectivity index (χ3v) is 3.16. The van der Waals surface area contributed by atoms with E-state index in [1.54, 1.807) is 0 Å². The molecular weight excluding hydrogens is 276 g/mol. The maximum absolute atomic E-state index is 12.3. The second-order valence-electron chi connectivity index (χ2n) is 4.46. The van der Waals surface area contributed by atoms with E-state index in [0.29, 0.717) is 0 Å². The topological polar surface area (TPSA) is 105 Å². The molecule has 3 aromatic rings. The molecule has 0 aliphatic rings. The first-order valence-corrected chi connectivity index (χ1v) is 5.94. The molecule has 2 aromatic carbocycles. The van der Waals surface area contributed by atoms with Gasteiger partial charge in [0.05, 0.1) is 21.9 Å². The summed E-state index contributed by atoms with van der Waals surface area (Å²) in [6.07, 6.45) is 0. The predicted molar refractivity (Wildman–Crippen MR) is 73.9 cm³/mol. The number of carbonyl (C=O) groups is 2. The van der Waals surface area contributed by atoms with Gasteiger partial charge in [0.25, 0.3) is 0 Å². The molecule has 0 spiro atoms. The van der Waals surface area contributed by atoms with Crippen molar-refractivity contribution in [2.45, 2.75) is 0 Å². The SMILES string of the molecule is O=C(O)c1ccc2c(=O)c3cc(C(=O)O)ccc3oc2c1. The van der Waals surface area contributed by atoms with Crippen LogP contribution in [0.4, 0.5) is 0 Å². The molecule has 104 valence electrons. The van der Waals surface area contributed by atoms with E-state index in [9.17, 15) is 14.4 Å². The molecule has 0 radical (unpaired) electrons. The van der Waals surface area contributed by atoms with Gasteiger partial charge in [0, 0.05) is 0 Å². The van der Waals surface area contributed by atoms with E-state index in [-0.39, 0.29) is 33.1 Å². The first kappa shape index (κ1) is 12.9. The van der Waals surface area contributed by atoms with Gasteiger partial charge in [-0.1, -0.05) is 0 Å². The quantitative estimate of drug-likeness (QED) is 0.700. The predicted octanol–water partition coefficient (Wildman–Crippen LogP) is 2.34. The number of hydrogen-bond donors (Lipinski definition) is 2. The normalized spacial score (nSPS) is 10.9. The van der Waals surface area contributed by atoms with Crippen molar-refractivity contribution in [3.8, 4) is 0 Å². The summed E-state index contributed by atoms with van der Waals surface area (Å²) in [5.41, 5.74) is -0.0507. The molecular formula is C15H8O6. The van der Waals surface area contributed by atoms with Crippen LogP contribution in [-0.4, -0.2) is 22.2 Å². The molecule has 0 unspecified atom stereocenters. The van der Waals surface area contributed by atoms with Crippen LogP contribution < -0.4 is 5.43 Å². The van der Waals surface area contributed by atoms with Gasteiger partial charge in [-0.15, -0.1) is 0 Å². The molecule has 21 heavy (non-hydrogen) atoms. The highest BCUT2D eigenvalue weighted by Gasteiger charge is 2.12. The first-order chi connectivity index (χ1) is 9.97. The lowest BCUT2D eigenvalue weighted by Crippen LogP contribution is -2.05. The number of benzene rings is 2. The number of rotatable bonds is 2. The average molecular weight is 284 g/mol. The second-order valence-corrected chi connectivity index (χ2v) is 4.46. The van der Waals surface area contributed by atoms with Crippen LogP contribution in [0.1, 0.15) is 20.7 Å². The Morgan fingerprint density at radius 3 is 2.10 bits per heavy atom. The van der Waals surface area contributed by atoms with Crippen molar-refractivity contribution < 1.29 is 24.2 Å². The van der Waals surface area contributed by atoms with Gasteiger partial charge in [0.2, 0.25) is 5.43 Å². The molecule has 1 aromatic heterocycles. The molecule has 6 heteroatoms. The van der Waals surface area contributed by atoms with Crippen LogP contribution in [0.2, 0.25) is 0 Å². The average Bonchev–Trinajstić information content (AvgIpc) is 2.46. The summed E-state index contributed by atoms with van der Waals surface area (Å²) in [5, 5.41) is 18.2. The smallest absolute Gasteiger partial charge is 0.335 e. The Morgan fingerprint density at radius 1 is 0.810 bits per heavy atom. The third kappa shape index (κ3) is 2.02. The highest BCUT2D eigenvalue weighted by molar-refractivity contribution is 5.98. The fraction of sp³-hybridized carbons (Fsp3) is 0. The number of aromatic carboxylic acids is 2. The van der Waals surface area contributed by atoms with E-state index in [2.05, 4.69) is 0 Å². The molecule has 6 nitrogen and oxygen atoms in total. The molecule has 0 saturated carbocycles. The molecule has 0 amide bonds. The van der Waals surface area contributed by atoms with Crippen molar-refractivity contribution in [2.24, 2.45) is 0 Å². The van der Waals surface area contributed by atoms with E-state index >= 15 is 0 Å². The monoisotopic (exact) mass is 284 g/mol. The highest BCUT2D eigenvalue weighted by Crippen LogP contribution is 2.21. The zero-order valence-corrected chi connectivity index (χ0v) is 10.5. The Hall–Kier alpha value is -3.15. The summed E-state index contributed by atoms with van der Waals surface area (Å²) in [6, 6.07) is 7.87. The zero-order chi connectivity index (χ0) is 15.1. The molecule has 0 aliphatic carbocycles. The molecule has 1 heterocycles. The summed E-state index contributed by atoms with van der Waals surface area (Å²) < 4.78 is 5.50. The van der Waals surface area contributed by atoms with Crippen LogP contribution >= 0.6 is 0 Å². The third-order valence-electron chi connectivity index (χ3n) is 3.16. The molecule has 3 rings (SSSR count). The summed E-state index contributed by atoms with van der Waals surface area (Å²) >= 11 is 0. The van der Waals surface area contributed by atoms with E-state index in [1.165, 1.54) is 36.4 Å². The molecule has 2 N–H and O–H groups in total. The summed E-state index contributed by atoms with van der Waals surface area (Å²) in [7, 11) is 0. The van der Waals surface area contributed by atoms with Crippen molar-refractivity contribution in [3.63, 3.8) is 0 Å². The lowest BCUT2D eigenvalue weighted by Gasteiger charge is -2.03. The van der Waals surface area contributed by atoms with Gasteiger partial charge in [-0.25, -0.2) is 9.59 Å². The van der Waals surface area contributed by atoms with Crippen LogP contribution in [0.3, 0.4) is 0 Å². The molecule has 0 fully saturated rings. The second kappa shape index (κ2) is 4.45. The van der Waals surface area contributed by atoms with Crippen LogP contribution in [0.5, 0.6) is 0 Å². The molecule has 0 atom stereocenters. The Labute approximate surface area is 116 Å². The van der Waals surface area contributed by atoms with Gasteiger partial charge < -0.3 is 14.6 Å². The van der Waals surface area contributed by atoms with Crippen LogP contribution in [0.15, 0.2) is 45.6 Å². The first-order valence-electron chi connectivity index (χ1n) is 5.94. The number of carboxylic acid groups (broad SMARTS) is 2. The van der Waals surface area contributed by atoms with E-state index in [4.69, 9.17) is 14.6 Å². The number of fused-ring (bicyclic) bond motifs is 2. The van der Waals surface area contributed by atoms with Gasteiger partial charge in [-0.3, -0.25) is 4.79 Å². The maximum atomic E-state index is 12.3. The minimum Gasteiger partial charge on any atom is -0.478 e. The van der Waals surface area contributed by atoms with Gasteiger partial charge in [0.15, 0.2) is 0 Å². The molecule has 0 aliphatic heterocycles. The van der Waals surface area contributed by atoms with Gasteiger partial charge in [-0.05, 0) is 36.4 Å². The van der Waals surface area contributed by atoms with Crippen LogP contribution in [-0.2, 0) is 0 Å². The lowest BCUT2D eigenvalue weighted by atomic mass is 10.1. The fourth-order valence-electron chi connectivity index (χ4n) is 2.12. The fourth-order valence-corrected chi connectivity index (χ4v) is 2.12. The standard InChI is InChI=1S/C15H8O6/c16-13-9-3-1-8(15(19)20)6-12(9)21-11-4-2-7(14(17)18)5-10(11)13/h1-6H,(H,17,18)(H,19,20). The van der Waals surface area contributed by atoms with Gasteiger partial charge in [0.1, 0.15) is 11.2 Å². The summed E-state index contributed by atoms with van der Waals surface area (Å²) in [6.45, 7) is 0. The van der Waals surface area contributed by atoms with E-state index in [1.807, 2.05) is 0 Å². The van der Waals surface area contributed by atoms with E-state index in [0.717, 1.165) is 0 Å². The molecule has 0 bridgehead atoms. The largest absolute Gasteiger partial charge is 0.478 e. The minimum atomic E-state index is -1.14. The lowest BCUT2D eigenvalue weighted by molar-refractivity contribution is 0.0686. The number of hydrogen-bond acceptors (Lipinski definition) is 4. The minimum absolute atomic E-state index is 0.00663. The zero-order valence-electron chi connectivity index (χ0n) is 10.5. The number of carboxylic acids is 2. The van der Waals surface area contributed by atoms with Crippen LogP contribution in [0, 0.1) is 0 Å². The summed E-state index contributed by atoms with van der Waals surface area (Å²) in [5.74, 6) is -2.27. The van der Waals surface area contributed by atoms with Crippen molar-refractivity contribution >= 4 is 33.9 Å². The molecule has 0 saturated heterocycles. The van der Waals surface area contributed by atoms with Crippen LogP contribution in [0.25, 0.3) is 21.9 Å². The highest BCUT2D eigenvalue weighted by atomic mass is 16.4. The Balaban J connectivity index is 2.40. The summed E-state index contributed by atoms with van der Waals surface area (Å²) in [4.78, 5) is 34.2. The van der Waals surface area contributed by atoms with Crippen molar-refractivity contribution in [3.05, 3.63) is 57.7 Å². The Bertz CT molecular complexity index is 967. The van der Waals surface area contributed by atoms with Gasteiger partial charge in [-0.2, -0.15) is 0 Å².